The minimum atomic E-state index is -0.990. The molecule has 0 radical (unpaired) electrons. The SMILES string of the molecule is CN1CCOC(c2nc3c(c(C(=O)O)n2)CCNC3)C1. The lowest BCUT2D eigenvalue weighted by molar-refractivity contribution is -0.0257. The number of carboxylic acids is 1. The van der Waals surface area contributed by atoms with Gasteiger partial charge in [0.25, 0.3) is 0 Å². The van der Waals surface area contributed by atoms with Crippen molar-refractivity contribution in [2.45, 2.75) is 19.1 Å². The monoisotopic (exact) mass is 278 g/mol. The van der Waals surface area contributed by atoms with Gasteiger partial charge in [0, 0.05) is 25.2 Å². The Morgan fingerprint density at radius 3 is 3.10 bits per heavy atom. The Balaban J connectivity index is 1.99. The number of nitrogens with one attached hydrogen (secondary N) is 1. The first kappa shape index (κ1) is 13.4. The second-order valence-electron chi connectivity index (χ2n) is 5.21. The molecule has 20 heavy (non-hydrogen) atoms. The van der Waals surface area contributed by atoms with Crippen molar-refractivity contribution in [2.75, 3.05) is 33.3 Å². The third kappa shape index (κ3) is 2.52. The van der Waals surface area contributed by atoms with E-state index in [1.807, 2.05) is 7.05 Å². The van der Waals surface area contributed by atoms with Gasteiger partial charge in [-0.25, -0.2) is 14.8 Å². The van der Waals surface area contributed by atoms with Gasteiger partial charge in [-0.2, -0.15) is 0 Å². The fourth-order valence-electron chi connectivity index (χ4n) is 2.63. The molecule has 1 aromatic rings. The number of carbonyl (C=O) groups is 1. The fourth-order valence-corrected chi connectivity index (χ4v) is 2.63. The summed E-state index contributed by atoms with van der Waals surface area (Å²) in [5.74, 6) is -0.507. The zero-order valence-corrected chi connectivity index (χ0v) is 11.4. The Labute approximate surface area is 117 Å². The molecule has 7 heteroatoms. The van der Waals surface area contributed by atoms with Crippen molar-refractivity contribution in [3.05, 3.63) is 22.8 Å². The van der Waals surface area contributed by atoms with Crippen molar-refractivity contribution in [2.24, 2.45) is 0 Å². The van der Waals surface area contributed by atoms with Gasteiger partial charge in [-0.15, -0.1) is 0 Å². The standard InChI is InChI=1S/C13H18N4O3/c1-17-4-5-20-10(7-17)12-15-9-6-14-3-2-8(9)11(16-12)13(18)19/h10,14H,2-7H2,1H3,(H,18,19). The van der Waals surface area contributed by atoms with Crippen molar-refractivity contribution >= 4 is 5.97 Å². The quantitative estimate of drug-likeness (QED) is 0.776. The predicted molar refractivity (Wildman–Crippen MR) is 70.6 cm³/mol. The average Bonchev–Trinajstić information content (AvgIpc) is 2.46. The van der Waals surface area contributed by atoms with Crippen LogP contribution in [-0.4, -0.2) is 59.2 Å². The smallest absolute Gasteiger partial charge is 0.354 e. The molecule has 1 fully saturated rings. The maximum Gasteiger partial charge on any atom is 0.354 e. The largest absolute Gasteiger partial charge is 0.477 e. The summed E-state index contributed by atoms with van der Waals surface area (Å²) < 4.78 is 5.68. The van der Waals surface area contributed by atoms with Crippen LogP contribution in [0.25, 0.3) is 0 Å². The number of nitrogens with zero attached hydrogens (tertiary/aromatic N) is 3. The van der Waals surface area contributed by atoms with E-state index >= 15 is 0 Å². The molecule has 0 spiro atoms. The molecule has 1 atom stereocenters. The second-order valence-corrected chi connectivity index (χ2v) is 5.21. The van der Waals surface area contributed by atoms with Crippen LogP contribution in [0.1, 0.15) is 33.7 Å². The summed E-state index contributed by atoms with van der Waals surface area (Å²) in [4.78, 5) is 22.3. The van der Waals surface area contributed by atoms with Crippen LogP contribution in [0, 0.1) is 0 Å². The third-order valence-electron chi connectivity index (χ3n) is 3.71. The topological polar surface area (TPSA) is 87.6 Å². The Hall–Kier alpha value is -1.57. The van der Waals surface area contributed by atoms with Crippen LogP contribution in [0.3, 0.4) is 0 Å². The van der Waals surface area contributed by atoms with E-state index in [2.05, 4.69) is 20.2 Å². The molecule has 1 unspecified atom stereocenters. The maximum absolute atomic E-state index is 11.4. The molecule has 0 saturated carbocycles. The highest BCUT2D eigenvalue weighted by atomic mass is 16.5. The van der Waals surface area contributed by atoms with Gasteiger partial charge in [0.2, 0.25) is 0 Å². The van der Waals surface area contributed by atoms with E-state index in [9.17, 15) is 9.90 Å². The van der Waals surface area contributed by atoms with Crippen LogP contribution in [-0.2, 0) is 17.7 Å². The minimum absolute atomic E-state index is 0.128. The summed E-state index contributed by atoms with van der Waals surface area (Å²) in [6, 6.07) is 0. The molecule has 1 aromatic heterocycles. The highest BCUT2D eigenvalue weighted by molar-refractivity contribution is 5.87. The van der Waals surface area contributed by atoms with Gasteiger partial charge in [-0.3, -0.25) is 0 Å². The van der Waals surface area contributed by atoms with Crippen LogP contribution >= 0.6 is 0 Å². The summed E-state index contributed by atoms with van der Waals surface area (Å²) in [7, 11) is 2.01. The highest BCUT2D eigenvalue weighted by Gasteiger charge is 2.27. The molecule has 2 N–H and O–H groups in total. The number of rotatable bonds is 2. The van der Waals surface area contributed by atoms with Gasteiger partial charge >= 0.3 is 5.97 Å². The molecule has 0 amide bonds. The normalized spacial score (nSPS) is 23.4. The van der Waals surface area contributed by atoms with Crippen molar-refractivity contribution in [1.82, 2.24) is 20.2 Å². The van der Waals surface area contributed by atoms with E-state index in [4.69, 9.17) is 4.74 Å². The van der Waals surface area contributed by atoms with Gasteiger partial charge in [-0.1, -0.05) is 0 Å². The molecule has 0 aliphatic carbocycles. The highest BCUT2D eigenvalue weighted by Crippen LogP contribution is 2.23. The number of carboxylic acid groups (broad SMARTS) is 1. The molecule has 0 bridgehead atoms. The lowest BCUT2D eigenvalue weighted by Crippen LogP contribution is -2.37. The lowest BCUT2D eigenvalue weighted by atomic mass is 10.0. The molecule has 0 aromatic carbocycles. The van der Waals surface area contributed by atoms with E-state index in [1.165, 1.54) is 0 Å². The molecule has 2 aliphatic heterocycles. The van der Waals surface area contributed by atoms with Gasteiger partial charge in [0.05, 0.1) is 12.3 Å². The second kappa shape index (κ2) is 5.43. The minimum Gasteiger partial charge on any atom is -0.477 e. The van der Waals surface area contributed by atoms with Crippen LogP contribution < -0.4 is 5.32 Å². The van der Waals surface area contributed by atoms with Crippen LogP contribution in [0.4, 0.5) is 0 Å². The van der Waals surface area contributed by atoms with Crippen LogP contribution in [0.15, 0.2) is 0 Å². The zero-order chi connectivity index (χ0) is 14.1. The molecule has 7 nitrogen and oxygen atoms in total. The fraction of sp³-hybridized carbons (Fsp3) is 0.615. The van der Waals surface area contributed by atoms with E-state index in [0.29, 0.717) is 31.9 Å². The van der Waals surface area contributed by atoms with Crippen LogP contribution in [0.5, 0.6) is 0 Å². The van der Waals surface area contributed by atoms with Gasteiger partial charge in [0.1, 0.15) is 6.10 Å². The maximum atomic E-state index is 11.4. The summed E-state index contributed by atoms with van der Waals surface area (Å²) in [6.07, 6.45) is 0.405. The Morgan fingerprint density at radius 2 is 2.35 bits per heavy atom. The van der Waals surface area contributed by atoms with E-state index in [1.54, 1.807) is 0 Å². The van der Waals surface area contributed by atoms with E-state index < -0.39 is 5.97 Å². The number of hydrogen-bond donors (Lipinski definition) is 2. The number of aromatic carboxylic acids is 1. The molecule has 108 valence electrons. The first-order chi connectivity index (χ1) is 9.65. The van der Waals surface area contributed by atoms with E-state index in [-0.39, 0.29) is 11.8 Å². The third-order valence-corrected chi connectivity index (χ3v) is 3.71. The predicted octanol–water partition coefficient (Wildman–Crippen LogP) is -0.176. The van der Waals surface area contributed by atoms with Gasteiger partial charge < -0.3 is 20.1 Å². The van der Waals surface area contributed by atoms with Crippen molar-refractivity contribution in [3.63, 3.8) is 0 Å². The zero-order valence-electron chi connectivity index (χ0n) is 11.4. The Morgan fingerprint density at radius 1 is 1.50 bits per heavy atom. The lowest BCUT2D eigenvalue weighted by Gasteiger charge is -2.30. The summed E-state index contributed by atoms with van der Waals surface area (Å²) >= 11 is 0. The first-order valence-corrected chi connectivity index (χ1v) is 6.79. The molecule has 2 aliphatic rings. The molecule has 3 heterocycles. The van der Waals surface area contributed by atoms with Crippen molar-refractivity contribution in [1.29, 1.82) is 0 Å². The summed E-state index contributed by atoms with van der Waals surface area (Å²) in [5.41, 5.74) is 1.67. The number of morpholine rings is 1. The Kier molecular flexibility index (Phi) is 3.64. The van der Waals surface area contributed by atoms with Crippen molar-refractivity contribution < 1.29 is 14.6 Å². The average molecular weight is 278 g/mol. The molecular weight excluding hydrogens is 260 g/mol. The van der Waals surface area contributed by atoms with Gasteiger partial charge in [0.15, 0.2) is 11.5 Å². The van der Waals surface area contributed by atoms with Crippen LogP contribution in [0.2, 0.25) is 0 Å². The number of fused-ring (bicyclic) bond motifs is 1. The summed E-state index contributed by atoms with van der Waals surface area (Å²) in [5, 5.41) is 12.6. The number of likely N-dealkylation sites (N-methyl/N-ethyl adjacent to an activating group) is 1. The first-order valence-electron chi connectivity index (χ1n) is 6.79. The number of hydrogen-bond acceptors (Lipinski definition) is 6. The Bertz CT molecular complexity index is 535. The van der Waals surface area contributed by atoms with E-state index in [0.717, 1.165) is 24.3 Å². The number of aromatic nitrogens is 2. The summed E-state index contributed by atoms with van der Waals surface area (Å²) in [6.45, 7) is 3.52. The molecule has 3 rings (SSSR count). The van der Waals surface area contributed by atoms with Crippen molar-refractivity contribution in [3.8, 4) is 0 Å². The molecule has 1 saturated heterocycles. The number of ether oxygens (including phenoxy) is 1. The molecular formula is C13H18N4O3. The van der Waals surface area contributed by atoms with Gasteiger partial charge in [-0.05, 0) is 20.0 Å².